The van der Waals surface area contributed by atoms with E-state index in [1.54, 1.807) is 0 Å². The van der Waals surface area contributed by atoms with Crippen LogP contribution in [0.4, 0.5) is 10.1 Å². The lowest BCUT2D eigenvalue weighted by molar-refractivity contribution is -0.122. The van der Waals surface area contributed by atoms with Gasteiger partial charge in [0, 0.05) is 6.42 Å². The van der Waals surface area contributed by atoms with Crippen LogP contribution >= 0.6 is 0 Å². The zero-order chi connectivity index (χ0) is 14.0. The number of carbonyl (C=O) groups is 3. The van der Waals surface area contributed by atoms with Gasteiger partial charge in [0.05, 0.1) is 11.3 Å². The number of hydrogen-bond donors (Lipinski definition) is 3. The smallest absolute Gasteiger partial charge is 0.337 e. The van der Waals surface area contributed by atoms with Crippen molar-refractivity contribution < 1.29 is 23.9 Å². The van der Waals surface area contributed by atoms with Crippen LogP contribution in [0, 0.1) is 5.82 Å². The molecule has 100 valence electrons. The fourth-order valence-corrected chi connectivity index (χ4v) is 1.85. The third-order valence-corrected chi connectivity index (χ3v) is 2.80. The van der Waals surface area contributed by atoms with Gasteiger partial charge in [-0.3, -0.25) is 9.59 Å². The molecule has 1 aromatic carbocycles. The van der Waals surface area contributed by atoms with E-state index in [2.05, 4.69) is 10.6 Å². The molecule has 0 aromatic heterocycles. The van der Waals surface area contributed by atoms with Gasteiger partial charge in [-0.25, -0.2) is 9.18 Å². The Kier molecular flexibility index (Phi) is 3.46. The third-order valence-electron chi connectivity index (χ3n) is 2.80. The van der Waals surface area contributed by atoms with E-state index < -0.39 is 23.7 Å². The van der Waals surface area contributed by atoms with E-state index in [0.29, 0.717) is 6.42 Å². The molecule has 1 aliphatic heterocycles. The van der Waals surface area contributed by atoms with Crippen LogP contribution in [0.2, 0.25) is 0 Å². The summed E-state index contributed by atoms with van der Waals surface area (Å²) in [6.07, 6.45) is 0.530. The number of anilines is 1. The zero-order valence-corrected chi connectivity index (χ0v) is 9.77. The zero-order valence-electron chi connectivity index (χ0n) is 9.77. The third kappa shape index (κ3) is 2.70. The molecule has 6 nitrogen and oxygen atoms in total. The van der Waals surface area contributed by atoms with Gasteiger partial charge in [0.2, 0.25) is 11.8 Å². The number of carbonyl (C=O) groups excluding carboxylic acids is 2. The first kappa shape index (κ1) is 13.0. The molecule has 1 fully saturated rings. The minimum absolute atomic E-state index is 0.223. The number of amides is 2. The number of benzene rings is 1. The molecule has 19 heavy (non-hydrogen) atoms. The molecular weight excluding hydrogens is 255 g/mol. The number of carboxylic acids is 1. The van der Waals surface area contributed by atoms with E-state index in [-0.39, 0.29) is 23.6 Å². The summed E-state index contributed by atoms with van der Waals surface area (Å²) >= 11 is 0. The molecule has 1 aromatic rings. The molecular formula is C12H11FN2O4. The van der Waals surface area contributed by atoms with Crippen molar-refractivity contribution in [3.05, 3.63) is 29.6 Å². The Balaban J connectivity index is 2.21. The summed E-state index contributed by atoms with van der Waals surface area (Å²) in [5.41, 5.74) is -0.723. The second-order valence-corrected chi connectivity index (χ2v) is 4.12. The van der Waals surface area contributed by atoms with E-state index in [4.69, 9.17) is 5.11 Å². The normalized spacial score (nSPS) is 17.9. The highest BCUT2D eigenvalue weighted by molar-refractivity contribution is 6.04. The number of aromatic carboxylic acids is 1. The highest BCUT2D eigenvalue weighted by Crippen LogP contribution is 2.21. The average molecular weight is 266 g/mol. The maximum absolute atomic E-state index is 13.6. The SMILES string of the molecule is O=C1CCC(C(=O)Nc2c(F)cccc2C(=O)O)N1. The molecule has 0 saturated carbocycles. The summed E-state index contributed by atoms with van der Waals surface area (Å²) < 4.78 is 13.6. The second-order valence-electron chi connectivity index (χ2n) is 4.12. The van der Waals surface area contributed by atoms with E-state index in [1.165, 1.54) is 12.1 Å². The maximum Gasteiger partial charge on any atom is 0.337 e. The lowest BCUT2D eigenvalue weighted by Gasteiger charge is -2.13. The minimum Gasteiger partial charge on any atom is -0.478 e. The molecule has 1 atom stereocenters. The van der Waals surface area contributed by atoms with E-state index in [9.17, 15) is 18.8 Å². The van der Waals surface area contributed by atoms with E-state index >= 15 is 0 Å². The highest BCUT2D eigenvalue weighted by atomic mass is 19.1. The van der Waals surface area contributed by atoms with Crippen LogP contribution in [0.5, 0.6) is 0 Å². The summed E-state index contributed by atoms with van der Waals surface area (Å²) in [5, 5.41) is 13.6. The predicted molar refractivity (Wildman–Crippen MR) is 63.2 cm³/mol. The van der Waals surface area contributed by atoms with Crippen molar-refractivity contribution in [2.75, 3.05) is 5.32 Å². The molecule has 0 radical (unpaired) electrons. The van der Waals surface area contributed by atoms with Gasteiger partial charge >= 0.3 is 5.97 Å². The topological polar surface area (TPSA) is 95.5 Å². The molecule has 0 aliphatic carbocycles. The van der Waals surface area contributed by atoms with Crippen molar-refractivity contribution in [2.24, 2.45) is 0 Å². The van der Waals surface area contributed by atoms with Gasteiger partial charge in [-0.05, 0) is 18.6 Å². The molecule has 1 heterocycles. The predicted octanol–water partition coefficient (Wildman–Crippen LogP) is 0.741. The second kappa shape index (κ2) is 5.05. The van der Waals surface area contributed by atoms with Crippen LogP contribution in [-0.4, -0.2) is 28.9 Å². The molecule has 1 aliphatic rings. The van der Waals surface area contributed by atoms with Crippen LogP contribution in [0.1, 0.15) is 23.2 Å². The summed E-state index contributed by atoms with van der Waals surface area (Å²) in [7, 11) is 0. The molecule has 1 unspecified atom stereocenters. The van der Waals surface area contributed by atoms with Crippen molar-refractivity contribution in [1.82, 2.24) is 5.32 Å². The summed E-state index contributed by atoms with van der Waals surface area (Å²) in [5.74, 6) is -3.06. The first-order chi connectivity index (χ1) is 8.99. The van der Waals surface area contributed by atoms with Crippen LogP contribution in [0.15, 0.2) is 18.2 Å². The van der Waals surface area contributed by atoms with Gasteiger partial charge in [-0.1, -0.05) is 6.07 Å². The summed E-state index contributed by atoms with van der Waals surface area (Å²) in [6.45, 7) is 0. The first-order valence-corrected chi connectivity index (χ1v) is 5.61. The van der Waals surface area contributed by atoms with E-state index in [0.717, 1.165) is 6.07 Å². The lowest BCUT2D eigenvalue weighted by atomic mass is 10.1. The largest absolute Gasteiger partial charge is 0.478 e. The Morgan fingerprint density at radius 2 is 2.16 bits per heavy atom. The Morgan fingerprint density at radius 3 is 2.74 bits per heavy atom. The van der Waals surface area contributed by atoms with Crippen molar-refractivity contribution >= 4 is 23.5 Å². The Morgan fingerprint density at radius 1 is 1.42 bits per heavy atom. The van der Waals surface area contributed by atoms with Crippen LogP contribution in [-0.2, 0) is 9.59 Å². The van der Waals surface area contributed by atoms with Gasteiger partial charge in [0.25, 0.3) is 0 Å². The van der Waals surface area contributed by atoms with Gasteiger partial charge in [0.15, 0.2) is 0 Å². The Hall–Kier alpha value is -2.44. The molecule has 0 spiro atoms. The number of halogens is 1. The fourth-order valence-electron chi connectivity index (χ4n) is 1.85. The molecule has 3 N–H and O–H groups in total. The molecule has 2 amide bonds. The van der Waals surface area contributed by atoms with Crippen LogP contribution in [0.25, 0.3) is 0 Å². The number of para-hydroxylation sites is 1. The number of rotatable bonds is 3. The van der Waals surface area contributed by atoms with Crippen molar-refractivity contribution in [3.8, 4) is 0 Å². The number of nitrogens with one attached hydrogen (secondary N) is 2. The maximum atomic E-state index is 13.6. The average Bonchev–Trinajstić information content (AvgIpc) is 2.78. The first-order valence-electron chi connectivity index (χ1n) is 5.61. The summed E-state index contributed by atoms with van der Waals surface area (Å²) in [6, 6.07) is 2.73. The van der Waals surface area contributed by atoms with Gasteiger partial charge in [-0.15, -0.1) is 0 Å². The summed E-state index contributed by atoms with van der Waals surface area (Å²) in [4.78, 5) is 33.7. The van der Waals surface area contributed by atoms with Gasteiger partial charge < -0.3 is 15.7 Å². The number of carboxylic acid groups (broad SMARTS) is 1. The van der Waals surface area contributed by atoms with Gasteiger partial charge in [-0.2, -0.15) is 0 Å². The highest BCUT2D eigenvalue weighted by Gasteiger charge is 2.28. The molecule has 7 heteroatoms. The Labute approximate surface area is 107 Å². The monoisotopic (exact) mass is 266 g/mol. The molecule has 1 saturated heterocycles. The van der Waals surface area contributed by atoms with Gasteiger partial charge in [0.1, 0.15) is 11.9 Å². The number of hydrogen-bond acceptors (Lipinski definition) is 3. The lowest BCUT2D eigenvalue weighted by Crippen LogP contribution is -2.37. The van der Waals surface area contributed by atoms with E-state index in [1.807, 2.05) is 0 Å². The van der Waals surface area contributed by atoms with Crippen LogP contribution in [0.3, 0.4) is 0 Å². The van der Waals surface area contributed by atoms with Crippen molar-refractivity contribution in [3.63, 3.8) is 0 Å². The Bertz CT molecular complexity index is 559. The fraction of sp³-hybridized carbons (Fsp3) is 0.250. The molecule has 2 rings (SSSR count). The quantitative estimate of drug-likeness (QED) is 0.752. The van der Waals surface area contributed by atoms with Crippen LogP contribution < -0.4 is 10.6 Å². The van der Waals surface area contributed by atoms with Crippen molar-refractivity contribution in [1.29, 1.82) is 0 Å². The van der Waals surface area contributed by atoms with Crippen molar-refractivity contribution in [2.45, 2.75) is 18.9 Å². The standard InChI is InChI=1S/C12H11FN2O4/c13-7-3-1-2-6(12(18)19)10(7)15-11(17)8-4-5-9(16)14-8/h1-3,8H,4-5H2,(H,14,16)(H,15,17)(H,18,19). The molecule has 0 bridgehead atoms. The minimum atomic E-state index is -1.34.